The fourth-order valence-electron chi connectivity index (χ4n) is 2.67. The lowest BCUT2D eigenvalue weighted by molar-refractivity contribution is 0.0868. The lowest BCUT2D eigenvalue weighted by Crippen LogP contribution is -2.37. The molecule has 0 saturated carbocycles. The molecule has 0 spiro atoms. The number of benzene rings is 1. The van der Waals surface area contributed by atoms with Crippen LogP contribution in [-0.4, -0.2) is 58.0 Å². The molecule has 0 saturated heterocycles. The van der Waals surface area contributed by atoms with Crippen molar-refractivity contribution < 1.29 is 5.11 Å². The average Bonchev–Trinajstić information content (AvgIpc) is 2.84. The van der Waals surface area contributed by atoms with Crippen LogP contribution in [0.3, 0.4) is 0 Å². The number of likely N-dealkylation sites (N-methyl/N-ethyl adjacent to an activating group) is 2. The summed E-state index contributed by atoms with van der Waals surface area (Å²) in [7, 11) is 5.97. The van der Waals surface area contributed by atoms with Crippen LogP contribution in [0.5, 0.6) is 0 Å². The molecular weight excluding hydrogens is 276 g/mol. The number of aryl methyl sites for hydroxylation is 1. The van der Waals surface area contributed by atoms with Crippen LogP contribution in [0, 0.1) is 0 Å². The number of aliphatic hydroxyl groups excluding tert-OH is 1. The largest absolute Gasteiger partial charge is 0.390 e. The van der Waals surface area contributed by atoms with Crippen molar-refractivity contribution in [3.8, 4) is 0 Å². The minimum atomic E-state index is -0.365. The van der Waals surface area contributed by atoms with E-state index >= 15 is 0 Å². The molecule has 0 bridgehead atoms. The Hall–Kier alpha value is -1.69. The smallest absolute Gasteiger partial charge is 0.0793 e. The van der Waals surface area contributed by atoms with Crippen molar-refractivity contribution in [1.82, 2.24) is 19.6 Å². The van der Waals surface area contributed by atoms with Crippen LogP contribution >= 0.6 is 0 Å². The Labute approximate surface area is 132 Å². The summed E-state index contributed by atoms with van der Waals surface area (Å²) < 4.78 is 1.80. The maximum absolute atomic E-state index is 10.2. The van der Waals surface area contributed by atoms with Gasteiger partial charge in [-0.1, -0.05) is 30.3 Å². The summed E-state index contributed by atoms with van der Waals surface area (Å²) in [5.74, 6) is 0. The van der Waals surface area contributed by atoms with Gasteiger partial charge in [-0.25, -0.2) is 0 Å². The van der Waals surface area contributed by atoms with Crippen LogP contribution in [0.4, 0.5) is 0 Å². The van der Waals surface area contributed by atoms with E-state index in [0.717, 1.165) is 18.7 Å². The van der Waals surface area contributed by atoms with Gasteiger partial charge in [0.2, 0.25) is 0 Å². The first-order chi connectivity index (χ1) is 10.5. The topological polar surface area (TPSA) is 44.5 Å². The highest BCUT2D eigenvalue weighted by atomic mass is 16.3. The van der Waals surface area contributed by atoms with E-state index in [-0.39, 0.29) is 6.10 Å². The third-order valence-electron chi connectivity index (χ3n) is 3.55. The van der Waals surface area contributed by atoms with Crippen molar-refractivity contribution in [2.45, 2.75) is 19.2 Å². The number of aromatic nitrogens is 2. The lowest BCUT2D eigenvalue weighted by atomic mass is 10.2. The van der Waals surface area contributed by atoms with Crippen molar-refractivity contribution in [3.63, 3.8) is 0 Å². The maximum atomic E-state index is 10.2. The summed E-state index contributed by atoms with van der Waals surface area (Å²) in [6.45, 7) is 2.96. The van der Waals surface area contributed by atoms with Crippen molar-refractivity contribution in [2.24, 2.45) is 7.05 Å². The molecule has 1 aromatic carbocycles. The van der Waals surface area contributed by atoms with E-state index in [1.165, 1.54) is 5.56 Å². The Bertz CT molecular complexity index is 555. The van der Waals surface area contributed by atoms with Gasteiger partial charge < -0.3 is 5.11 Å². The van der Waals surface area contributed by atoms with Gasteiger partial charge in [0.15, 0.2) is 0 Å². The van der Waals surface area contributed by atoms with Crippen molar-refractivity contribution in [3.05, 3.63) is 53.9 Å². The molecule has 0 amide bonds. The van der Waals surface area contributed by atoms with Gasteiger partial charge in [-0.2, -0.15) is 5.10 Å². The molecule has 5 nitrogen and oxygen atoms in total. The highest BCUT2D eigenvalue weighted by Crippen LogP contribution is 2.05. The zero-order valence-electron chi connectivity index (χ0n) is 13.7. The maximum Gasteiger partial charge on any atom is 0.0793 e. The first-order valence-electron chi connectivity index (χ1n) is 7.59. The Morgan fingerprint density at radius 3 is 2.18 bits per heavy atom. The van der Waals surface area contributed by atoms with E-state index in [1.807, 2.05) is 51.7 Å². The molecule has 0 radical (unpaired) electrons. The van der Waals surface area contributed by atoms with E-state index in [0.29, 0.717) is 13.1 Å². The van der Waals surface area contributed by atoms with Gasteiger partial charge in [0.05, 0.1) is 12.3 Å². The van der Waals surface area contributed by atoms with Crippen LogP contribution < -0.4 is 0 Å². The molecule has 1 unspecified atom stereocenters. The molecule has 1 N–H and O–H groups in total. The van der Waals surface area contributed by atoms with Gasteiger partial charge in [0.25, 0.3) is 0 Å². The second-order valence-electron chi connectivity index (χ2n) is 6.06. The molecule has 0 aliphatic heterocycles. The van der Waals surface area contributed by atoms with Crippen LogP contribution in [0.2, 0.25) is 0 Å². The van der Waals surface area contributed by atoms with E-state index < -0.39 is 0 Å². The molecule has 1 heterocycles. The summed E-state index contributed by atoms with van der Waals surface area (Å²) in [6, 6.07) is 10.3. The standard InChI is InChI=1S/C17H26N4O/c1-19(10-15-7-5-4-6-8-15)13-17(22)14-20(2)11-16-9-18-21(3)12-16/h4-9,12,17,22H,10-11,13-14H2,1-3H3. The first kappa shape index (κ1) is 16.7. The zero-order valence-corrected chi connectivity index (χ0v) is 13.7. The molecule has 120 valence electrons. The molecule has 2 aromatic rings. The Morgan fingerprint density at radius 2 is 1.64 bits per heavy atom. The van der Waals surface area contributed by atoms with Gasteiger partial charge in [0, 0.05) is 45.0 Å². The summed E-state index contributed by atoms with van der Waals surface area (Å²) >= 11 is 0. The average molecular weight is 302 g/mol. The summed E-state index contributed by atoms with van der Waals surface area (Å²) in [5.41, 5.74) is 2.43. The van der Waals surface area contributed by atoms with E-state index in [4.69, 9.17) is 0 Å². The highest BCUT2D eigenvalue weighted by molar-refractivity contribution is 5.14. The SMILES string of the molecule is CN(Cc1ccccc1)CC(O)CN(C)Cc1cnn(C)c1. The normalized spacial score (nSPS) is 13.0. The molecule has 5 heteroatoms. The quantitative estimate of drug-likeness (QED) is 0.799. The zero-order chi connectivity index (χ0) is 15.9. The molecule has 1 aromatic heterocycles. The summed E-state index contributed by atoms with van der Waals surface area (Å²) in [4.78, 5) is 4.27. The molecule has 0 aliphatic carbocycles. The second kappa shape index (κ2) is 8.08. The van der Waals surface area contributed by atoms with Crippen molar-refractivity contribution in [1.29, 1.82) is 0 Å². The third kappa shape index (κ3) is 5.60. The molecule has 2 rings (SSSR count). The number of hydrogen-bond acceptors (Lipinski definition) is 4. The minimum absolute atomic E-state index is 0.365. The molecule has 1 atom stereocenters. The van der Waals surface area contributed by atoms with Gasteiger partial charge in [-0.05, 0) is 19.7 Å². The number of hydrogen-bond donors (Lipinski definition) is 1. The third-order valence-corrected chi connectivity index (χ3v) is 3.55. The van der Waals surface area contributed by atoms with Gasteiger partial charge >= 0.3 is 0 Å². The molecule has 0 aliphatic rings. The second-order valence-corrected chi connectivity index (χ2v) is 6.06. The Morgan fingerprint density at radius 1 is 1.05 bits per heavy atom. The molecule has 0 fully saturated rings. The van der Waals surface area contributed by atoms with E-state index in [9.17, 15) is 5.11 Å². The Kier molecular flexibility index (Phi) is 6.12. The first-order valence-corrected chi connectivity index (χ1v) is 7.59. The van der Waals surface area contributed by atoms with Crippen LogP contribution in [0.1, 0.15) is 11.1 Å². The Balaban J connectivity index is 1.73. The monoisotopic (exact) mass is 302 g/mol. The minimum Gasteiger partial charge on any atom is -0.390 e. The van der Waals surface area contributed by atoms with Crippen LogP contribution in [0.15, 0.2) is 42.7 Å². The fourth-order valence-corrected chi connectivity index (χ4v) is 2.67. The van der Waals surface area contributed by atoms with Gasteiger partial charge in [0.1, 0.15) is 0 Å². The highest BCUT2D eigenvalue weighted by Gasteiger charge is 2.12. The van der Waals surface area contributed by atoms with Crippen LogP contribution in [0.25, 0.3) is 0 Å². The molecular formula is C17H26N4O. The van der Waals surface area contributed by atoms with Crippen LogP contribution in [-0.2, 0) is 20.1 Å². The summed E-state index contributed by atoms with van der Waals surface area (Å²) in [6.07, 6.45) is 3.50. The van der Waals surface area contributed by atoms with Crippen molar-refractivity contribution >= 4 is 0 Å². The predicted molar refractivity (Wildman–Crippen MR) is 88.3 cm³/mol. The number of aliphatic hydroxyl groups is 1. The fraction of sp³-hybridized carbons (Fsp3) is 0.471. The number of nitrogens with zero attached hydrogens (tertiary/aromatic N) is 4. The summed E-state index contributed by atoms with van der Waals surface area (Å²) in [5, 5.41) is 14.4. The van der Waals surface area contributed by atoms with Gasteiger partial charge in [-0.15, -0.1) is 0 Å². The van der Waals surface area contributed by atoms with E-state index in [2.05, 4.69) is 27.0 Å². The van der Waals surface area contributed by atoms with E-state index in [1.54, 1.807) is 4.68 Å². The van der Waals surface area contributed by atoms with Gasteiger partial charge in [-0.3, -0.25) is 14.5 Å². The molecule has 22 heavy (non-hydrogen) atoms. The van der Waals surface area contributed by atoms with Crippen molar-refractivity contribution in [2.75, 3.05) is 27.2 Å². The number of rotatable bonds is 8. The lowest BCUT2D eigenvalue weighted by Gasteiger charge is -2.24. The predicted octanol–water partition coefficient (Wildman–Crippen LogP) is 1.34.